The third kappa shape index (κ3) is 9.36. The predicted molar refractivity (Wildman–Crippen MR) is 341 cm³/mol. The minimum Gasteiger partial charge on any atom is -0.310 e. The number of nitrogens with zero attached hydrogens (tertiary/aromatic N) is 2. The van der Waals surface area contributed by atoms with E-state index in [1.165, 1.54) is 66.1 Å². The van der Waals surface area contributed by atoms with E-state index < -0.39 is 0 Å². The monoisotopic (exact) mass is 1020 g/mol. The number of anilines is 6. The van der Waals surface area contributed by atoms with Gasteiger partial charge in [0, 0.05) is 33.9 Å². The standard InChI is InChI=1S/C78H54N2/c1-5-17-55(18-6-1)59-33-42-70(43-34-59)79(71-46-37-61(38-47-71)67-31-29-57-21-13-15-27-65(57)51-67)76-50-41-69-53-74(63-23-9-3-10-24-63)77(54-75(69)78(76)64-25-11-4-12-26-64)80(72-44-35-60(36-45-72)56-19-7-2-8-20-56)73-48-39-62(40-49-73)68-32-30-58-22-14-16-28-66(58)52-68/h1-54H. The number of hydrogen-bond donors (Lipinski definition) is 0. The first kappa shape index (κ1) is 47.9. The van der Waals surface area contributed by atoms with Crippen LogP contribution in [-0.4, -0.2) is 0 Å². The van der Waals surface area contributed by atoms with Gasteiger partial charge in [-0.3, -0.25) is 0 Å². The molecular weight excluding hydrogens is 965 g/mol. The van der Waals surface area contributed by atoms with Crippen LogP contribution in [0.15, 0.2) is 328 Å². The molecule has 0 aliphatic heterocycles. The second-order valence-electron chi connectivity index (χ2n) is 20.5. The smallest absolute Gasteiger partial charge is 0.0546 e. The molecule has 2 heteroatoms. The summed E-state index contributed by atoms with van der Waals surface area (Å²) >= 11 is 0. The third-order valence-corrected chi connectivity index (χ3v) is 15.6. The summed E-state index contributed by atoms with van der Waals surface area (Å²) < 4.78 is 0. The van der Waals surface area contributed by atoms with Crippen molar-refractivity contribution < 1.29 is 0 Å². The van der Waals surface area contributed by atoms with Crippen LogP contribution in [0, 0.1) is 0 Å². The minimum absolute atomic E-state index is 1.06. The predicted octanol–water partition coefficient (Wildman–Crippen LogP) is 22.1. The minimum atomic E-state index is 1.06. The van der Waals surface area contributed by atoms with Crippen molar-refractivity contribution in [3.8, 4) is 66.8 Å². The molecule has 0 aliphatic carbocycles. The van der Waals surface area contributed by atoms with Gasteiger partial charge in [-0.1, -0.05) is 249 Å². The van der Waals surface area contributed by atoms with Crippen molar-refractivity contribution in [2.75, 3.05) is 9.80 Å². The molecule has 0 heterocycles. The fraction of sp³-hybridized carbons (Fsp3) is 0. The normalized spacial score (nSPS) is 11.2. The van der Waals surface area contributed by atoms with E-state index in [0.29, 0.717) is 0 Å². The van der Waals surface area contributed by atoms with Gasteiger partial charge in [0.05, 0.1) is 11.4 Å². The summed E-state index contributed by atoms with van der Waals surface area (Å²) in [7, 11) is 0. The van der Waals surface area contributed by atoms with Crippen LogP contribution in [0.1, 0.15) is 0 Å². The highest BCUT2D eigenvalue weighted by Crippen LogP contribution is 2.50. The summed E-state index contributed by atoms with van der Waals surface area (Å²) in [6, 6.07) is 120. The van der Waals surface area contributed by atoms with Gasteiger partial charge in [0.25, 0.3) is 0 Å². The van der Waals surface area contributed by atoms with Crippen molar-refractivity contribution in [2.24, 2.45) is 0 Å². The Hall–Kier alpha value is -10.5. The van der Waals surface area contributed by atoms with E-state index in [-0.39, 0.29) is 0 Å². The average molecular weight is 1020 g/mol. The summed E-state index contributed by atoms with van der Waals surface area (Å²) in [5.41, 5.74) is 20.3. The first-order chi connectivity index (χ1) is 39.6. The number of rotatable bonds is 12. The van der Waals surface area contributed by atoms with Crippen LogP contribution in [-0.2, 0) is 0 Å². The Morgan fingerprint density at radius 3 is 0.912 bits per heavy atom. The highest BCUT2D eigenvalue weighted by molar-refractivity contribution is 6.10. The SMILES string of the molecule is c1ccc(-c2ccc(N(c3ccc(-c4ccc5ccccc5c4)cc3)c3cc4c(-c5ccccc5)c(N(c5ccc(-c6ccccc6)cc5)c5ccc(-c6ccc7ccccc7c6)cc5)ccc4cc3-c3ccccc3)cc2)cc1. The summed E-state index contributed by atoms with van der Waals surface area (Å²) in [4.78, 5) is 4.89. The number of benzene rings is 14. The zero-order valence-corrected chi connectivity index (χ0v) is 44.1. The van der Waals surface area contributed by atoms with Crippen molar-refractivity contribution in [2.45, 2.75) is 0 Å². The lowest BCUT2D eigenvalue weighted by atomic mass is 9.91. The molecule has 0 saturated carbocycles. The molecule has 14 rings (SSSR count). The summed E-state index contributed by atoms with van der Waals surface area (Å²) in [6.45, 7) is 0. The Morgan fingerprint density at radius 1 is 0.175 bits per heavy atom. The summed E-state index contributed by atoms with van der Waals surface area (Å²) in [5.74, 6) is 0. The number of hydrogen-bond acceptors (Lipinski definition) is 2. The van der Waals surface area contributed by atoms with Crippen LogP contribution in [0.2, 0.25) is 0 Å². The Balaban J connectivity index is 0.985. The van der Waals surface area contributed by atoms with Crippen LogP contribution in [0.4, 0.5) is 34.1 Å². The molecule has 0 atom stereocenters. The van der Waals surface area contributed by atoms with E-state index in [1.807, 2.05) is 0 Å². The molecular formula is C78H54N2. The average Bonchev–Trinajstić information content (AvgIpc) is 3.65. The van der Waals surface area contributed by atoms with Crippen molar-refractivity contribution in [3.05, 3.63) is 328 Å². The third-order valence-electron chi connectivity index (χ3n) is 15.6. The van der Waals surface area contributed by atoms with Gasteiger partial charge in [-0.2, -0.15) is 0 Å². The van der Waals surface area contributed by atoms with Gasteiger partial charge in [0.2, 0.25) is 0 Å². The molecule has 0 saturated heterocycles. The van der Waals surface area contributed by atoms with Gasteiger partial charge in [-0.25, -0.2) is 0 Å². The first-order valence-corrected chi connectivity index (χ1v) is 27.5. The molecule has 0 amide bonds. The molecule has 14 aromatic rings. The Kier molecular flexibility index (Phi) is 12.6. The molecule has 14 aromatic carbocycles. The molecule has 0 unspecified atom stereocenters. The second-order valence-corrected chi connectivity index (χ2v) is 20.5. The largest absolute Gasteiger partial charge is 0.310 e. The van der Waals surface area contributed by atoms with Crippen LogP contribution in [0.3, 0.4) is 0 Å². The first-order valence-electron chi connectivity index (χ1n) is 27.5. The lowest BCUT2D eigenvalue weighted by Gasteiger charge is -2.31. The molecule has 2 nitrogen and oxygen atoms in total. The van der Waals surface area contributed by atoms with Crippen LogP contribution in [0.25, 0.3) is 99.1 Å². The van der Waals surface area contributed by atoms with Crippen molar-refractivity contribution >= 4 is 66.4 Å². The molecule has 0 bridgehead atoms. The maximum absolute atomic E-state index is 2.45. The lowest BCUT2D eigenvalue weighted by molar-refractivity contribution is 1.28. The van der Waals surface area contributed by atoms with Crippen molar-refractivity contribution in [1.82, 2.24) is 0 Å². The molecule has 0 spiro atoms. The van der Waals surface area contributed by atoms with E-state index >= 15 is 0 Å². The molecule has 0 radical (unpaired) electrons. The molecule has 0 N–H and O–H groups in total. The van der Waals surface area contributed by atoms with Gasteiger partial charge in [-0.15, -0.1) is 0 Å². The molecule has 376 valence electrons. The highest BCUT2D eigenvalue weighted by atomic mass is 15.2. The zero-order chi connectivity index (χ0) is 53.2. The maximum Gasteiger partial charge on any atom is 0.0546 e. The van der Waals surface area contributed by atoms with E-state index in [4.69, 9.17) is 0 Å². The summed E-state index contributed by atoms with van der Waals surface area (Å²) in [5, 5.41) is 7.22. The molecule has 80 heavy (non-hydrogen) atoms. The van der Waals surface area contributed by atoms with E-state index in [0.717, 1.165) is 67.2 Å². The van der Waals surface area contributed by atoms with E-state index in [1.54, 1.807) is 0 Å². The Bertz CT molecular complexity index is 4460. The van der Waals surface area contributed by atoms with Gasteiger partial charge in [0.15, 0.2) is 0 Å². The van der Waals surface area contributed by atoms with E-state index in [2.05, 4.69) is 337 Å². The molecule has 0 aliphatic rings. The van der Waals surface area contributed by atoms with Gasteiger partial charge < -0.3 is 9.80 Å². The van der Waals surface area contributed by atoms with Gasteiger partial charge in [0.1, 0.15) is 0 Å². The number of fused-ring (bicyclic) bond motifs is 3. The molecule has 0 aromatic heterocycles. The Morgan fingerprint density at radius 2 is 0.487 bits per heavy atom. The Labute approximate surface area is 468 Å². The van der Waals surface area contributed by atoms with Crippen LogP contribution >= 0.6 is 0 Å². The maximum atomic E-state index is 2.45. The fourth-order valence-corrected chi connectivity index (χ4v) is 11.5. The topological polar surface area (TPSA) is 6.48 Å². The van der Waals surface area contributed by atoms with Gasteiger partial charge in [-0.05, 0) is 167 Å². The van der Waals surface area contributed by atoms with Gasteiger partial charge >= 0.3 is 0 Å². The lowest BCUT2D eigenvalue weighted by Crippen LogP contribution is -2.13. The fourth-order valence-electron chi connectivity index (χ4n) is 11.5. The summed E-state index contributed by atoms with van der Waals surface area (Å²) in [6.07, 6.45) is 0. The van der Waals surface area contributed by atoms with Crippen molar-refractivity contribution in [1.29, 1.82) is 0 Å². The van der Waals surface area contributed by atoms with Crippen LogP contribution < -0.4 is 9.80 Å². The molecule has 0 fully saturated rings. The quantitative estimate of drug-likeness (QED) is 0.120. The highest BCUT2D eigenvalue weighted by Gasteiger charge is 2.24. The zero-order valence-electron chi connectivity index (χ0n) is 44.1. The van der Waals surface area contributed by atoms with Crippen molar-refractivity contribution in [3.63, 3.8) is 0 Å². The van der Waals surface area contributed by atoms with E-state index in [9.17, 15) is 0 Å². The second kappa shape index (κ2) is 21.1. The van der Waals surface area contributed by atoms with Crippen LogP contribution in [0.5, 0.6) is 0 Å².